The van der Waals surface area contributed by atoms with Gasteiger partial charge in [-0.1, -0.05) is 0 Å². The van der Waals surface area contributed by atoms with E-state index in [1.165, 1.54) is 6.20 Å². The second-order valence-corrected chi connectivity index (χ2v) is 3.22. The highest BCUT2D eigenvalue weighted by atomic mass is 16.1. The predicted octanol–water partition coefficient (Wildman–Crippen LogP) is 0.981. The molecular formula is C8H12N2O. The van der Waals surface area contributed by atoms with E-state index in [4.69, 9.17) is 5.26 Å². The van der Waals surface area contributed by atoms with Gasteiger partial charge < -0.3 is 5.32 Å². The Morgan fingerprint density at radius 3 is 2.36 bits per heavy atom. The van der Waals surface area contributed by atoms with Crippen LogP contribution in [0.4, 0.5) is 0 Å². The lowest BCUT2D eigenvalue weighted by atomic mass is 10.1. The Kier molecular flexibility index (Phi) is 3.32. The number of hydrogen-bond donors (Lipinski definition) is 1. The third-order valence-electron chi connectivity index (χ3n) is 0.917. The molecule has 0 atom stereocenters. The van der Waals surface area contributed by atoms with Crippen LogP contribution in [0, 0.1) is 11.3 Å². The topological polar surface area (TPSA) is 52.9 Å². The number of nitrogens with zero attached hydrogens (tertiary/aromatic N) is 1. The van der Waals surface area contributed by atoms with Crippen LogP contribution in [0.25, 0.3) is 0 Å². The van der Waals surface area contributed by atoms with Gasteiger partial charge in [0.25, 0.3) is 0 Å². The molecule has 0 radical (unpaired) electrons. The van der Waals surface area contributed by atoms with Crippen molar-refractivity contribution in [2.75, 3.05) is 0 Å². The number of nitriles is 1. The second kappa shape index (κ2) is 3.77. The zero-order chi connectivity index (χ0) is 8.91. The molecule has 0 spiro atoms. The summed E-state index contributed by atoms with van der Waals surface area (Å²) in [6.45, 7) is 5.84. The van der Waals surface area contributed by atoms with Crippen LogP contribution >= 0.6 is 0 Å². The minimum Gasteiger partial charge on any atom is -0.385 e. The first-order valence-corrected chi connectivity index (χ1v) is 3.33. The highest BCUT2D eigenvalue weighted by Crippen LogP contribution is 1.98. The minimum absolute atomic E-state index is 0.106. The Morgan fingerprint density at radius 1 is 1.55 bits per heavy atom. The molecule has 0 saturated heterocycles. The Hall–Kier alpha value is -1.30. The first-order valence-electron chi connectivity index (χ1n) is 3.33. The third kappa shape index (κ3) is 5.16. The summed E-state index contributed by atoms with van der Waals surface area (Å²) in [4.78, 5) is 10.1. The van der Waals surface area contributed by atoms with Crippen molar-refractivity contribution >= 4 is 6.29 Å². The molecule has 0 bridgehead atoms. The molecule has 1 N–H and O–H groups in total. The lowest BCUT2D eigenvalue weighted by Gasteiger charge is -2.18. The van der Waals surface area contributed by atoms with Gasteiger partial charge in [0, 0.05) is 11.7 Å². The molecule has 0 aromatic carbocycles. The fourth-order valence-corrected chi connectivity index (χ4v) is 0.387. The maximum Gasteiger partial charge on any atom is 0.162 e. The van der Waals surface area contributed by atoms with E-state index >= 15 is 0 Å². The van der Waals surface area contributed by atoms with Gasteiger partial charge in [0.15, 0.2) is 6.29 Å². The van der Waals surface area contributed by atoms with Crippen molar-refractivity contribution in [1.29, 1.82) is 5.26 Å². The van der Waals surface area contributed by atoms with Crippen molar-refractivity contribution < 1.29 is 4.79 Å². The Labute approximate surface area is 66.7 Å². The predicted molar refractivity (Wildman–Crippen MR) is 42.6 cm³/mol. The van der Waals surface area contributed by atoms with Crippen LogP contribution in [0.1, 0.15) is 20.8 Å². The lowest BCUT2D eigenvalue weighted by molar-refractivity contribution is -0.104. The number of rotatable bonds is 2. The molecule has 0 heterocycles. The number of hydrogen-bond acceptors (Lipinski definition) is 3. The van der Waals surface area contributed by atoms with Gasteiger partial charge in [-0.15, -0.1) is 0 Å². The Bertz CT molecular complexity index is 205. The molecule has 0 aromatic heterocycles. The van der Waals surface area contributed by atoms with Crippen molar-refractivity contribution in [1.82, 2.24) is 5.32 Å². The van der Waals surface area contributed by atoms with E-state index in [0.717, 1.165) is 0 Å². The van der Waals surface area contributed by atoms with Gasteiger partial charge in [0.05, 0.1) is 0 Å². The van der Waals surface area contributed by atoms with Gasteiger partial charge in [-0.25, -0.2) is 0 Å². The summed E-state index contributed by atoms with van der Waals surface area (Å²) in [5.41, 5.74) is 0.00500. The third-order valence-corrected chi connectivity index (χ3v) is 0.917. The monoisotopic (exact) mass is 152 g/mol. The normalized spacial score (nSPS) is 12.0. The second-order valence-electron chi connectivity index (χ2n) is 3.22. The standard InChI is InChI=1S/C8H12N2O/c1-8(2,3)10-5-7(4-9)6-11/h5-6,10H,1-3H3/b7-5+. The van der Waals surface area contributed by atoms with Gasteiger partial charge in [-0.05, 0) is 20.8 Å². The summed E-state index contributed by atoms with van der Waals surface area (Å²) in [7, 11) is 0. The van der Waals surface area contributed by atoms with Crippen LogP contribution in [0.3, 0.4) is 0 Å². The largest absolute Gasteiger partial charge is 0.385 e. The maximum absolute atomic E-state index is 10.1. The van der Waals surface area contributed by atoms with Crippen LogP contribution in [-0.4, -0.2) is 11.8 Å². The van der Waals surface area contributed by atoms with Gasteiger partial charge in [-0.2, -0.15) is 5.26 Å². The lowest BCUT2D eigenvalue weighted by Crippen LogP contribution is -2.31. The summed E-state index contributed by atoms with van der Waals surface area (Å²) >= 11 is 0. The molecule has 0 saturated carbocycles. The molecule has 3 heteroatoms. The summed E-state index contributed by atoms with van der Waals surface area (Å²) in [6, 6.07) is 1.75. The average Bonchev–Trinajstić information content (AvgIpc) is 1.88. The highest BCUT2D eigenvalue weighted by Gasteiger charge is 2.05. The van der Waals surface area contributed by atoms with E-state index in [-0.39, 0.29) is 11.1 Å². The van der Waals surface area contributed by atoms with Crippen molar-refractivity contribution in [3.63, 3.8) is 0 Å². The molecule has 0 amide bonds. The first-order chi connectivity index (χ1) is 4.99. The van der Waals surface area contributed by atoms with E-state index in [0.29, 0.717) is 6.29 Å². The highest BCUT2D eigenvalue weighted by molar-refractivity contribution is 5.78. The fourth-order valence-electron chi connectivity index (χ4n) is 0.387. The van der Waals surface area contributed by atoms with Crippen molar-refractivity contribution in [2.45, 2.75) is 26.3 Å². The molecule has 0 aliphatic carbocycles. The minimum atomic E-state index is -0.106. The van der Waals surface area contributed by atoms with Crippen LogP contribution in [-0.2, 0) is 4.79 Å². The average molecular weight is 152 g/mol. The maximum atomic E-state index is 10.1. The molecule has 0 aromatic rings. The quantitative estimate of drug-likeness (QED) is 0.364. The molecule has 0 rings (SSSR count). The molecule has 0 fully saturated rings. The zero-order valence-corrected chi connectivity index (χ0v) is 7.01. The number of allylic oxidation sites excluding steroid dienone is 1. The van der Waals surface area contributed by atoms with Crippen molar-refractivity contribution in [3.05, 3.63) is 11.8 Å². The molecular weight excluding hydrogens is 140 g/mol. The van der Waals surface area contributed by atoms with E-state index in [1.54, 1.807) is 6.07 Å². The van der Waals surface area contributed by atoms with E-state index in [2.05, 4.69) is 5.32 Å². The fraction of sp³-hybridized carbons (Fsp3) is 0.500. The molecule has 0 aliphatic heterocycles. The number of nitrogens with one attached hydrogen (secondary N) is 1. The SMILES string of the molecule is CC(C)(C)N/C=C(\C#N)C=O. The summed E-state index contributed by atoms with van der Waals surface area (Å²) in [5, 5.41) is 11.2. The number of carbonyl (C=O) groups is 1. The molecule has 60 valence electrons. The van der Waals surface area contributed by atoms with E-state index in [1.807, 2.05) is 20.8 Å². The smallest absolute Gasteiger partial charge is 0.162 e. The molecule has 3 nitrogen and oxygen atoms in total. The number of carbonyl (C=O) groups excluding carboxylic acids is 1. The Morgan fingerprint density at radius 2 is 2.09 bits per heavy atom. The van der Waals surface area contributed by atoms with Crippen LogP contribution in [0.5, 0.6) is 0 Å². The Balaban J connectivity index is 4.13. The van der Waals surface area contributed by atoms with Gasteiger partial charge in [0.2, 0.25) is 0 Å². The van der Waals surface area contributed by atoms with E-state index < -0.39 is 0 Å². The molecule has 0 unspecified atom stereocenters. The van der Waals surface area contributed by atoms with Gasteiger partial charge in [0.1, 0.15) is 11.6 Å². The van der Waals surface area contributed by atoms with Crippen LogP contribution in [0.2, 0.25) is 0 Å². The summed E-state index contributed by atoms with van der Waals surface area (Å²) in [5.74, 6) is 0. The zero-order valence-electron chi connectivity index (χ0n) is 7.01. The van der Waals surface area contributed by atoms with E-state index in [9.17, 15) is 4.79 Å². The first kappa shape index (κ1) is 9.70. The van der Waals surface area contributed by atoms with Crippen LogP contribution in [0.15, 0.2) is 11.8 Å². The summed E-state index contributed by atoms with van der Waals surface area (Å²) < 4.78 is 0. The van der Waals surface area contributed by atoms with Gasteiger partial charge in [-0.3, -0.25) is 4.79 Å². The van der Waals surface area contributed by atoms with Crippen molar-refractivity contribution in [3.8, 4) is 6.07 Å². The number of aldehydes is 1. The molecule has 11 heavy (non-hydrogen) atoms. The van der Waals surface area contributed by atoms with Gasteiger partial charge >= 0.3 is 0 Å². The summed E-state index contributed by atoms with van der Waals surface area (Å²) in [6.07, 6.45) is 1.95. The van der Waals surface area contributed by atoms with Crippen molar-refractivity contribution in [2.24, 2.45) is 0 Å². The van der Waals surface area contributed by atoms with Crippen LogP contribution < -0.4 is 5.32 Å². The molecule has 0 aliphatic rings.